The molecular weight excluding hydrogens is 358 g/mol. The van der Waals surface area contributed by atoms with E-state index < -0.39 is 0 Å². The van der Waals surface area contributed by atoms with Gasteiger partial charge in [0.25, 0.3) is 0 Å². The molecule has 0 radical (unpaired) electrons. The van der Waals surface area contributed by atoms with Gasteiger partial charge in [0.05, 0.1) is 5.56 Å². The highest BCUT2D eigenvalue weighted by Crippen LogP contribution is 2.24. The number of nitriles is 1. The Morgan fingerprint density at radius 1 is 1.11 bits per heavy atom. The molecule has 2 aromatic carbocycles. The molecule has 4 heteroatoms. The number of benzene rings is 2. The Morgan fingerprint density at radius 2 is 1.89 bits per heavy atom. The van der Waals surface area contributed by atoms with Crippen molar-refractivity contribution in [2.75, 3.05) is 0 Å². The molecule has 2 rings (SSSR count). The van der Waals surface area contributed by atoms with E-state index in [1.807, 2.05) is 30.3 Å². The molecule has 0 N–H and O–H groups in total. The predicted molar refractivity (Wildman–Crippen MR) is 77.3 cm³/mol. The first-order chi connectivity index (χ1) is 8.70. The molecule has 0 heterocycles. The Balaban J connectivity index is 2.16. The van der Waals surface area contributed by atoms with Crippen molar-refractivity contribution in [1.82, 2.24) is 0 Å². The Morgan fingerprint density at radius 3 is 2.61 bits per heavy atom. The third kappa shape index (κ3) is 3.12. The molecule has 0 aromatic heterocycles. The fourth-order valence-corrected chi connectivity index (χ4v) is 2.25. The van der Waals surface area contributed by atoms with E-state index in [1.165, 1.54) is 0 Å². The van der Waals surface area contributed by atoms with Crippen molar-refractivity contribution in [1.29, 1.82) is 5.26 Å². The molecule has 2 aromatic rings. The first kappa shape index (κ1) is 13.1. The van der Waals surface area contributed by atoms with Crippen LogP contribution in [0.3, 0.4) is 0 Å². The molecule has 2 nitrogen and oxygen atoms in total. The Bertz CT molecular complexity index is 605. The lowest BCUT2D eigenvalue weighted by Gasteiger charge is -2.09. The van der Waals surface area contributed by atoms with Crippen molar-refractivity contribution >= 4 is 31.9 Å². The predicted octanol–water partition coefficient (Wildman–Crippen LogP) is 4.66. The van der Waals surface area contributed by atoms with Crippen molar-refractivity contribution < 1.29 is 4.74 Å². The zero-order valence-corrected chi connectivity index (χ0v) is 12.5. The van der Waals surface area contributed by atoms with Gasteiger partial charge in [0.1, 0.15) is 18.4 Å². The zero-order chi connectivity index (χ0) is 13.0. The molecule has 0 amide bonds. The van der Waals surface area contributed by atoms with Crippen LogP contribution in [0.15, 0.2) is 51.4 Å². The maximum absolute atomic E-state index is 9.03. The fraction of sp³-hybridized carbons (Fsp3) is 0.0714. The topological polar surface area (TPSA) is 33.0 Å². The maximum atomic E-state index is 9.03. The van der Waals surface area contributed by atoms with Gasteiger partial charge in [-0.2, -0.15) is 5.26 Å². The van der Waals surface area contributed by atoms with Crippen LogP contribution in [0.5, 0.6) is 5.75 Å². The van der Waals surface area contributed by atoms with E-state index >= 15 is 0 Å². The highest BCUT2D eigenvalue weighted by atomic mass is 79.9. The van der Waals surface area contributed by atoms with Crippen LogP contribution in [-0.4, -0.2) is 0 Å². The number of ether oxygens (including phenoxy) is 1. The first-order valence-corrected chi connectivity index (χ1v) is 6.85. The average Bonchev–Trinajstić information content (AvgIpc) is 2.39. The van der Waals surface area contributed by atoms with Gasteiger partial charge in [0.15, 0.2) is 0 Å². The van der Waals surface area contributed by atoms with Crippen LogP contribution in [0.25, 0.3) is 0 Å². The molecular formula is C14H9Br2NO. The minimum absolute atomic E-state index is 0.428. The van der Waals surface area contributed by atoms with E-state index in [4.69, 9.17) is 10.00 Å². The third-order valence-electron chi connectivity index (χ3n) is 2.40. The number of hydrogen-bond donors (Lipinski definition) is 0. The van der Waals surface area contributed by atoms with Crippen LogP contribution in [-0.2, 0) is 6.61 Å². The minimum atomic E-state index is 0.428. The van der Waals surface area contributed by atoms with Crippen LogP contribution < -0.4 is 4.74 Å². The summed E-state index contributed by atoms with van der Waals surface area (Å²) in [7, 11) is 0. The van der Waals surface area contributed by atoms with Crippen LogP contribution in [0.1, 0.15) is 11.1 Å². The van der Waals surface area contributed by atoms with Crippen molar-refractivity contribution in [3.8, 4) is 11.8 Å². The molecule has 0 aliphatic rings. The van der Waals surface area contributed by atoms with Gasteiger partial charge in [-0.1, -0.05) is 50.1 Å². The highest BCUT2D eigenvalue weighted by molar-refractivity contribution is 9.10. The summed E-state index contributed by atoms with van der Waals surface area (Å²) in [6.45, 7) is 0.428. The highest BCUT2D eigenvalue weighted by Gasteiger charge is 2.05. The third-order valence-corrected chi connectivity index (χ3v) is 3.67. The fourth-order valence-electron chi connectivity index (χ4n) is 1.49. The van der Waals surface area contributed by atoms with E-state index in [9.17, 15) is 0 Å². The molecule has 0 unspecified atom stereocenters. The van der Waals surface area contributed by atoms with Gasteiger partial charge in [-0.05, 0) is 24.3 Å². The van der Waals surface area contributed by atoms with Crippen molar-refractivity contribution in [3.05, 3.63) is 62.5 Å². The molecule has 0 aliphatic carbocycles. The smallest absolute Gasteiger partial charge is 0.137 e. The lowest BCUT2D eigenvalue weighted by molar-refractivity contribution is 0.304. The van der Waals surface area contributed by atoms with Crippen molar-refractivity contribution in [2.24, 2.45) is 0 Å². The Labute approximate surface area is 122 Å². The van der Waals surface area contributed by atoms with E-state index in [-0.39, 0.29) is 0 Å². The summed E-state index contributed by atoms with van der Waals surface area (Å²) in [4.78, 5) is 0. The summed E-state index contributed by atoms with van der Waals surface area (Å²) in [5.74, 6) is 0.594. The summed E-state index contributed by atoms with van der Waals surface area (Å²) in [6.07, 6.45) is 0. The number of nitrogens with zero attached hydrogens (tertiary/aromatic N) is 1. The standard InChI is InChI=1S/C14H9Br2NO/c15-12-5-6-14(11(7-12)8-17)18-9-10-3-1-2-4-13(10)16/h1-7H,9H2. The lowest BCUT2D eigenvalue weighted by atomic mass is 10.2. The normalized spacial score (nSPS) is 9.83. The summed E-state index contributed by atoms with van der Waals surface area (Å²) in [5, 5.41) is 9.03. The molecule has 0 fully saturated rings. The molecule has 18 heavy (non-hydrogen) atoms. The molecule has 0 bridgehead atoms. The van der Waals surface area contributed by atoms with E-state index in [0.29, 0.717) is 17.9 Å². The number of rotatable bonds is 3. The van der Waals surface area contributed by atoms with Crippen LogP contribution >= 0.6 is 31.9 Å². The summed E-state index contributed by atoms with van der Waals surface area (Å²) in [5.41, 5.74) is 1.57. The molecule has 90 valence electrons. The van der Waals surface area contributed by atoms with E-state index in [2.05, 4.69) is 37.9 Å². The quantitative estimate of drug-likeness (QED) is 0.791. The molecule has 0 saturated heterocycles. The number of halogens is 2. The Hall–Kier alpha value is -1.31. The van der Waals surface area contributed by atoms with Gasteiger partial charge in [0, 0.05) is 14.5 Å². The second kappa shape index (κ2) is 6.03. The molecule has 0 aliphatic heterocycles. The van der Waals surface area contributed by atoms with Gasteiger partial charge in [0.2, 0.25) is 0 Å². The van der Waals surface area contributed by atoms with Crippen LogP contribution in [0.2, 0.25) is 0 Å². The summed E-state index contributed by atoms with van der Waals surface area (Å²) < 4.78 is 7.55. The molecule has 0 atom stereocenters. The minimum Gasteiger partial charge on any atom is -0.487 e. The van der Waals surface area contributed by atoms with Crippen LogP contribution in [0.4, 0.5) is 0 Å². The summed E-state index contributed by atoms with van der Waals surface area (Å²) >= 11 is 6.80. The monoisotopic (exact) mass is 365 g/mol. The maximum Gasteiger partial charge on any atom is 0.137 e. The average molecular weight is 367 g/mol. The van der Waals surface area contributed by atoms with E-state index in [1.54, 1.807) is 12.1 Å². The van der Waals surface area contributed by atoms with Gasteiger partial charge < -0.3 is 4.74 Å². The van der Waals surface area contributed by atoms with Gasteiger partial charge in [-0.15, -0.1) is 0 Å². The van der Waals surface area contributed by atoms with Gasteiger partial charge in [-0.25, -0.2) is 0 Å². The summed E-state index contributed by atoms with van der Waals surface area (Å²) in [6, 6.07) is 15.4. The van der Waals surface area contributed by atoms with Crippen molar-refractivity contribution in [3.63, 3.8) is 0 Å². The zero-order valence-electron chi connectivity index (χ0n) is 9.36. The number of hydrogen-bond acceptors (Lipinski definition) is 2. The molecule has 0 saturated carbocycles. The SMILES string of the molecule is N#Cc1cc(Br)ccc1OCc1ccccc1Br. The van der Waals surface area contributed by atoms with Crippen LogP contribution in [0, 0.1) is 11.3 Å². The second-order valence-corrected chi connectivity index (χ2v) is 5.40. The first-order valence-electron chi connectivity index (χ1n) is 5.26. The molecule has 0 spiro atoms. The Kier molecular flexibility index (Phi) is 4.40. The second-order valence-electron chi connectivity index (χ2n) is 3.63. The lowest BCUT2D eigenvalue weighted by Crippen LogP contribution is -1.98. The van der Waals surface area contributed by atoms with Gasteiger partial charge in [-0.3, -0.25) is 0 Å². The van der Waals surface area contributed by atoms with Crippen molar-refractivity contribution in [2.45, 2.75) is 6.61 Å². The van der Waals surface area contributed by atoms with E-state index in [0.717, 1.165) is 14.5 Å². The van der Waals surface area contributed by atoms with Gasteiger partial charge >= 0.3 is 0 Å². The largest absolute Gasteiger partial charge is 0.487 e.